The van der Waals surface area contributed by atoms with Gasteiger partial charge in [0, 0.05) is 10.3 Å². The standard InChI is InChI=1S/C9H10S2/c1-3-8-6(2)7-4-5-10-9(7)11-8/h4-5H,3H2,1-2H3. The summed E-state index contributed by atoms with van der Waals surface area (Å²) in [7, 11) is 0. The molecule has 0 radical (unpaired) electrons. The van der Waals surface area contributed by atoms with Crippen LogP contribution in [0.25, 0.3) is 9.40 Å². The predicted octanol–water partition coefficient (Wildman–Crippen LogP) is 3.83. The molecule has 0 unspecified atom stereocenters. The number of hydrogen-bond donors (Lipinski definition) is 0. The van der Waals surface area contributed by atoms with Gasteiger partial charge >= 0.3 is 0 Å². The van der Waals surface area contributed by atoms with Crippen LogP contribution in [-0.4, -0.2) is 0 Å². The Bertz CT molecular complexity index is 368. The van der Waals surface area contributed by atoms with Crippen molar-refractivity contribution in [2.45, 2.75) is 20.3 Å². The van der Waals surface area contributed by atoms with Crippen molar-refractivity contribution in [2.24, 2.45) is 0 Å². The summed E-state index contributed by atoms with van der Waals surface area (Å²) in [5.41, 5.74) is 1.49. The summed E-state index contributed by atoms with van der Waals surface area (Å²) >= 11 is 3.81. The van der Waals surface area contributed by atoms with Crippen LogP contribution < -0.4 is 0 Å². The summed E-state index contributed by atoms with van der Waals surface area (Å²) in [6.45, 7) is 4.45. The summed E-state index contributed by atoms with van der Waals surface area (Å²) in [5, 5.41) is 3.64. The quantitative estimate of drug-likeness (QED) is 0.628. The lowest BCUT2D eigenvalue weighted by atomic mass is 10.2. The Morgan fingerprint density at radius 1 is 1.45 bits per heavy atom. The molecule has 0 nitrogen and oxygen atoms in total. The van der Waals surface area contributed by atoms with Crippen molar-refractivity contribution in [3.63, 3.8) is 0 Å². The summed E-state index contributed by atoms with van der Waals surface area (Å²) < 4.78 is 1.49. The molecule has 2 heterocycles. The van der Waals surface area contributed by atoms with E-state index in [1.165, 1.54) is 21.4 Å². The molecule has 11 heavy (non-hydrogen) atoms. The van der Waals surface area contributed by atoms with E-state index in [-0.39, 0.29) is 0 Å². The van der Waals surface area contributed by atoms with E-state index in [9.17, 15) is 0 Å². The number of aryl methyl sites for hydroxylation is 2. The van der Waals surface area contributed by atoms with Gasteiger partial charge in [0.2, 0.25) is 0 Å². The van der Waals surface area contributed by atoms with Crippen molar-refractivity contribution >= 4 is 32.1 Å². The molecule has 2 rings (SSSR count). The molecule has 0 atom stereocenters. The van der Waals surface area contributed by atoms with Crippen LogP contribution in [0.1, 0.15) is 17.4 Å². The molecule has 0 spiro atoms. The maximum atomic E-state index is 2.23. The second-order valence-electron chi connectivity index (χ2n) is 2.63. The Labute approximate surface area is 74.5 Å². The van der Waals surface area contributed by atoms with E-state index in [0.29, 0.717) is 0 Å². The average molecular weight is 182 g/mol. The molecule has 0 bridgehead atoms. The minimum absolute atomic E-state index is 1.18. The van der Waals surface area contributed by atoms with E-state index in [2.05, 4.69) is 25.3 Å². The minimum Gasteiger partial charge on any atom is -0.133 e. The highest BCUT2D eigenvalue weighted by atomic mass is 32.2. The zero-order valence-corrected chi connectivity index (χ0v) is 8.31. The Hall–Kier alpha value is -0.340. The van der Waals surface area contributed by atoms with Crippen LogP contribution in [0, 0.1) is 6.92 Å². The first-order valence-electron chi connectivity index (χ1n) is 3.78. The van der Waals surface area contributed by atoms with E-state index in [0.717, 1.165) is 0 Å². The first kappa shape index (κ1) is 7.32. The Kier molecular flexibility index (Phi) is 1.74. The van der Waals surface area contributed by atoms with Crippen molar-refractivity contribution in [1.82, 2.24) is 0 Å². The smallest absolute Gasteiger partial charge is 0.0870 e. The number of hydrogen-bond acceptors (Lipinski definition) is 2. The average Bonchev–Trinajstić information content (AvgIpc) is 2.53. The van der Waals surface area contributed by atoms with E-state index in [4.69, 9.17) is 0 Å². The van der Waals surface area contributed by atoms with Crippen molar-refractivity contribution in [3.05, 3.63) is 21.9 Å². The van der Waals surface area contributed by atoms with Gasteiger partial charge < -0.3 is 0 Å². The van der Waals surface area contributed by atoms with Gasteiger partial charge in [-0.15, -0.1) is 22.7 Å². The predicted molar refractivity (Wildman–Crippen MR) is 53.8 cm³/mol. The fourth-order valence-corrected chi connectivity index (χ4v) is 3.63. The molecule has 0 aliphatic carbocycles. The monoisotopic (exact) mass is 182 g/mol. The van der Waals surface area contributed by atoms with Gasteiger partial charge in [-0.25, -0.2) is 0 Å². The fraction of sp³-hybridized carbons (Fsp3) is 0.333. The maximum absolute atomic E-state index is 2.23. The molecule has 0 N–H and O–H groups in total. The molecule has 58 valence electrons. The van der Waals surface area contributed by atoms with Gasteiger partial charge in [-0.1, -0.05) is 6.92 Å². The van der Waals surface area contributed by atoms with Gasteiger partial charge in [0.15, 0.2) is 0 Å². The van der Waals surface area contributed by atoms with E-state index < -0.39 is 0 Å². The van der Waals surface area contributed by atoms with Crippen LogP contribution in [0.5, 0.6) is 0 Å². The normalized spacial score (nSPS) is 11.1. The number of rotatable bonds is 1. The molecular weight excluding hydrogens is 172 g/mol. The highest BCUT2D eigenvalue weighted by Gasteiger charge is 2.06. The summed E-state index contributed by atoms with van der Waals surface area (Å²) in [4.78, 5) is 1.55. The van der Waals surface area contributed by atoms with Crippen LogP contribution in [0.3, 0.4) is 0 Å². The van der Waals surface area contributed by atoms with Gasteiger partial charge in [-0.3, -0.25) is 0 Å². The van der Waals surface area contributed by atoms with Crippen molar-refractivity contribution in [1.29, 1.82) is 0 Å². The highest BCUT2D eigenvalue weighted by molar-refractivity contribution is 7.37. The first-order chi connectivity index (χ1) is 5.33. The molecule has 0 saturated heterocycles. The topological polar surface area (TPSA) is 0 Å². The molecule has 0 amide bonds. The zero-order chi connectivity index (χ0) is 7.84. The lowest BCUT2D eigenvalue weighted by Crippen LogP contribution is -1.74. The summed E-state index contributed by atoms with van der Waals surface area (Å²) in [5.74, 6) is 0. The van der Waals surface area contributed by atoms with Crippen LogP contribution in [0.4, 0.5) is 0 Å². The number of fused-ring (bicyclic) bond motifs is 1. The van der Waals surface area contributed by atoms with Gasteiger partial charge in [0.25, 0.3) is 0 Å². The molecule has 0 aromatic carbocycles. The van der Waals surface area contributed by atoms with E-state index in [1.54, 1.807) is 4.88 Å². The van der Waals surface area contributed by atoms with Crippen molar-refractivity contribution in [2.75, 3.05) is 0 Å². The second-order valence-corrected chi connectivity index (χ2v) is 4.91. The molecule has 0 aliphatic heterocycles. The van der Waals surface area contributed by atoms with Gasteiger partial charge in [-0.05, 0) is 30.4 Å². The van der Waals surface area contributed by atoms with E-state index in [1.807, 2.05) is 22.7 Å². The third-order valence-electron chi connectivity index (χ3n) is 1.99. The third kappa shape index (κ3) is 1.01. The van der Waals surface area contributed by atoms with Crippen LogP contribution in [0.15, 0.2) is 11.4 Å². The summed E-state index contributed by atoms with van der Waals surface area (Å²) in [6.07, 6.45) is 1.18. The molecule has 2 heteroatoms. The molecule has 2 aromatic rings. The Morgan fingerprint density at radius 3 is 2.91 bits per heavy atom. The van der Waals surface area contributed by atoms with Gasteiger partial charge in [0.1, 0.15) is 0 Å². The number of thiophene rings is 2. The SMILES string of the molecule is CCc1sc2sccc2c1C. The second kappa shape index (κ2) is 2.61. The Balaban J connectivity index is 2.76. The van der Waals surface area contributed by atoms with Crippen molar-refractivity contribution in [3.8, 4) is 0 Å². The lowest BCUT2D eigenvalue weighted by molar-refractivity contribution is 1.16. The molecule has 0 aliphatic rings. The largest absolute Gasteiger partial charge is 0.133 e. The first-order valence-corrected chi connectivity index (χ1v) is 5.48. The summed E-state index contributed by atoms with van der Waals surface area (Å²) in [6, 6.07) is 2.23. The van der Waals surface area contributed by atoms with Crippen LogP contribution in [0.2, 0.25) is 0 Å². The van der Waals surface area contributed by atoms with Crippen LogP contribution >= 0.6 is 22.7 Å². The molecule has 2 aromatic heterocycles. The lowest BCUT2D eigenvalue weighted by Gasteiger charge is -1.89. The Morgan fingerprint density at radius 2 is 2.27 bits per heavy atom. The van der Waals surface area contributed by atoms with Crippen molar-refractivity contribution < 1.29 is 0 Å². The highest BCUT2D eigenvalue weighted by Crippen LogP contribution is 2.34. The minimum atomic E-state index is 1.18. The molecular formula is C9H10S2. The maximum Gasteiger partial charge on any atom is 0.0870 e. The van der Waals surface area contributed by atoms with Gasteiger partial charge in [-0.2, -0.15) is 0 Å². The van der Waals surface area contributed by atoms with Crippen LogP contribution in [-0.2, 0) is 6.42 Å². The molecule has 0 fully saturated rings. The zero-order valence-electron chi connectivity index (χ0n) is 6.68. The molecule has 0 saturated carbocycles. The van der Waals surface area contributed by atoms with E-state index >= 15 is 0 Å². The fourth-order valence-electron chi connectivity index (χ4n) is 1.33. The third-order valence-corrected chi connectivity index (χ3v) is 4.48. The van der Waals surface area contributed by atoms with Gasteiger partial charge in [0.05, 0.1) is 4.01 Å².